The van der Waals surface area contributed by atoms with Gasteiger partial charge in [0.25, 0.3) is 0 Å². The highest BCUT2D eigenvalue weighted by molar-refractivity contribution is 6.30. The number of hydrogen-bond donors (Lipinski definition) is 2. The molecular weight excluding hydrogens is 198 g/mol. The molecule has 0 atom stereocenters. The molecule has 1 aromatic carbocycles. The highest BCUT2D eigenvalue weighted by Crippen LogP contribution is 2.10. The Bertz CT molecular complexity index is 282. The zero-order valence-electron chi connectivity index (χ0n) is 7.91. The molecule has 0 aliphatic rings. The van der Waals surface area contributed by atoms with E-state index in [2.05, 4.69) is 11.6 Å². The Labute approximate surface area is 89.2 Å². The van der Waals surface area contributed by atoms with Gasteiger partial charge in [-0.2, -0.15) is 0 Å². The number of nitrogens with one attached hydrogen (secondary N) is 1. The van der Waals surface area contributed by atoms with Gasteiger partial charge in [0.1, 0.15) is 0 Å². The van der Waals surface area contributed by atoms with Crippen LogP contribution in [0.3, 0.4) is 0 Å². The van der Waals surface area contributed by atoms with Gasteiger partial charge >= 0.3 is 0 Å². The zero-order valence-corrected chi connectivity index (χ0v) is 8.67. The summed E-state index contributed by atoms with van der Waals surface area (Å²) in [5.41, 5.74) is 3.27. The average Bonchev–Trinajstić information content (AvgIpc) is 2.21. The number of rotatable bonds is 5. The lowest BCUT2D eigenvalue weighted by atomic mass is 10.2. The summed E-state index contributed by atoms with van der Waals surface area (Å²) in [6.07, 6.45) is 6.02. The predicted octanol–water partition coefficient (Wildman–Crippen LogP) is 3.11. The quantitative estimate of drug-likeness (QED) is 0.580. The molecular formula is C11H14ClNO. The number of allylic oxidation sites excluding steroid dienone is 1. The SMILES string of the molecule is ONCCC/C=C/c1ccc(Cl)cc1. The molecule has 76 valence electrons. The molecule has 0 fully saturated rings. The van der Waals surface area contributed by atoms with Crippen LogP contribution in [0.1, 0.15) is 18.4 Å². The van der Waals surface area contributed by atoms with Crippen LogP contribution in [0, 0.1) is 0 Å². The Morgan fingerprint density at radius 1 is 1.29 bits per heavy atom. The summed E-state index contributed by atoms with van der Waals surface area (Å²) in [5, 5.41) is 9.08. The molecule has 0 bridgehead atoms. The van der Waals surface area contributed by atoms with E-state index >= 15 is 0 Å². The minimum absolute atomic E-state index is 0.630. The maximum Gasteiger partial charge on any atom is 0.0406 e. The molecule has 1 rings (SSSR count). The van der Waals surface area contributed by atoms with Gasteiger partial charge in [-0.05, 0) is 30.5 Å². The van der Waals surface area contributed by atoms with Crippen LogP contribution in [0.2, 0.25) is 5.02 Å². The van der Waals surface area contributed by atoms with Gasteiger partial charge in [0, 0.05) is 11.6 Å². The summed E-state index contributed by atoms with van der Waals surface area (Å²) in [6.45, 7) is 0.630. The molecule has 14 heavy (non-hydrogen) atoms. The van der Waals surface area contributed by atoms with Crippen molar-refractivity contribution in [1.29, 1.82) is 0 Å². The normalized spacial score (nSPS) is 11.0. The van der Waals surface area contributed by atoms with E-state index in [1.165, 1.54) is 0 Å². The van der Waals surface area contributed by atoms with E-state index in [0.717, 1.165) is 23.4 Å². The van der Waals surface area contributed by atoms with Crippen LogP contribution in [0.25, 0.3) is 6.08 Å². The van der Waals surface area contributed by atoms with Crippen LogP contribution in [0.5, 0.6) is 0 Å². The van der Waals surface area contributed by atoms with Crippen LogP contribution in [-0.4, -0.2) is 11.8 Å². The Balaban J connectivity index is 2.33. The molecule has 0 aliphatic heterocycles. The van der Waals surface area contributed by atoms with E-state index in [0.29, 0.717) is 6.54 Å². The van der Waals surface area contributed by atoms with Crippen molar-refractivity contribution in [3.8, 4) is 0 Å². The van der Waals surface area contributed by atoms with E-state index in [1.807, 2.05) is 30.3 Å². The molecule has 3 heteroatoms. The van der Waals surface area contributed by atoms with Crippen LogP contribution in [-0.2, 0) is 0 Å². The number of benzene rings is 1. The highest BCUT2D eigenvalue weighted by atomic mass is 35.5. The molecule has 0 saturated heterocycles. The molecule has 2 nitrogen and oxygen atoms in total. The summed E-state index contributed by atoms with van der Waals surface area (Å²) < 4.78 is 0. The Morgan fingerprint density at radius 3 is 2.64 bits per heavy atom. The topological polar surface area (TPSA) is 32.3 Å². The average molecular weight is 212 g/mol. The van der Waals surface area contributed by atoms with Crippen molar-refractivity contribution < 1.29 is 5.21 Å². The van der Waals surface area contributed by atoms with Gasteiger partial charge in [-0.25, -0.2) is 5.48 Å². The van der Waals surface area contributed by atoms with Gasteiger partial charge in [-0.1, -0.05) is 35.9 Å². The van der Waals surface area contributed by atoms with Gasteiger partial charge in [0.15, 0.2) is 0 Å². The molecule has 0 radical (unpaired) electrons. The molecule has 2 N–H and O–H groups in total. The van der Waals surface area contributed by atoms with Gasteiger partial charge in [0.05, 0.1) is 0 Å². The third-order valence-electron chi connectivity index (χ3n) is 1.84. The molecule has 0 heterocycles. The fourth-order valence-electron chi connectivity index (χ4n) is 1.09. The molecule has 0 aliphatic carbocycles. The second-order valence-corrected chi connectivity index (χ2v) is 3.44. The first kappa shape index (κ1) is 11.2. The van der Waals surface area contributed by atoms with Gasteiger partial charge in [-0.15, -0.1) is 0 Å². The number of hydroxylamine groups is 1. The summed E-state index contributed by atoms with van der Waals surface area (Å²) in [4.78, 5) is 0. The maximum absolute atomic E-state index is 8.32. The maximum atomic E-state index is 8.32. The first-order valence-electron chi connectivity index (χ1n) is 4.62. The lowest BCUT2D eigenvalue weighted by Crippen LogP contribution is -2.07. The van der Waals surface area contributed by atoms with Crippen LogP contribution in [0.15, 0.2) is 30.3 Å². The second kappa shape index (κ2) is 6.60. The van der Waals surface area contributed by atoms with Gasteiger partial charge in [-0.3, -0.25) is 0 Å². The third kappa shape index (κ3) is 4.42. The summed E-state index contributed by atoms with van der Waals surface area (Å²) in [5.74, 6) is 0. The molecule has 0 aromatic heterocycles. The van der Waals surface area contributed by atoms with Crippen molar-refractivity contribution in [3.05, 3.63) is 40.9 Å². The third-order valence-corrected chi connectivity index (χ3v) is 2.09. The van der Waals surface area contributed by atoms with Crippen molar-refractivity contribution in [2.45, 2.75) is 12.8 Å². The van der Waals surface area contributed by atoms with Gasteiger partial charge < -0.3 is 5.21 Å². The van der Waals surface area contributed by atoms with Crippen molar-refractivity contribution in [2.24, 2.45) is 0 Å². The first-order chi connectivity index (χ1) is 6.83. The van der Waals surface area contributed by atoms with Crippen molar-refractivity contribution in [2.75, 3.05) is 6.54 Å². The Morgan fingerprint density at radius 2 is 2.00 bits per heavy atom. The molecule has 0 saturated carbocycles. The van der Waals surface area contributed by atoms with Crippen LogP contribution in [0.4, 0.5) is 0 Å². The largest absolute Gasteiger partial charge is 0.317 e. The monoisotopic (exact) mass is 211 g/mol. The predicted molar refractivity (Wildman–Crippen MR) is 59.5 cm³/mol. The van der Waals surface area contributed by atoms with Crippen molar-refractivity contribution in [3.63, 3.8) is 0 Å². The van der Waals surface area contributed by atoms with E-state index < -0.39 is 0 Å². The fourth-order valence-corrected chi connectivity index (χ4v) is 1.22. The zero-order chi connectivity index (χ0) is 10.2. The van der Waals surface area contributed by atoms with Crippen LogP contribution < -0.4 is 5.48 Å². The second-order valence-electron chi connectivity index (χ2n) is 3.00. The molecule has 0 unspecified atom stereocenters. The van der Waals surface area contributed by atoms with Crippen molar-refractivity contribution in [1.82, 2.24) is 5.48 Å². The minimum atomic E-state index is 0.630. The number of hydrogen-bond acceptors (Lipinski definition) is 2. The Kier molecular flexibility index (Phi) is 5.30. The van der Waals surface area contributed by atoms with E-state index in [-0.39, 0.29) is 0 Å². The molecule has 0 spiro atoms. The molecule has 1 aromatic rings. The summed E-state index contributed by atoms with van der Waals surface area (Å²) >= 11 is 5.75. The lowest BCUT2D eigenvalue weighted by molar-refractivity contribution is 0.166. The summed E-state index contributed by atoms with van der Waals surface area (Å²) in [7, 11) is 0. The van der Waals surface area contributed by atoms with E-state index in [4.69, 9.17) is 16.8 Å². The number of halogens is 1. The van der Waals surface area contributed by atoms with Crippen molar-refractivity contribution >= 4 is 17.7 Å². The minimum Gasteiger partial charge on any atom is -0.317 e. The van der Waals surface area contributed by atoms with Gasteiger partial charge in [0.2, 0.25) is 0 Å². The lowest BCUT2D eigenvalue weighted by Gasteiger charge is -1.94. The molecule has 0 amide bonds. The Hall–Kier alpha value is -0.830. The first-order valence-corrected chi connectivity index (χ1v) is 5.00. The summed E-state index contributed by atoms with van der Waals surface area (Å²) in [6, 6.07) is 7.69. The highest BCUT2D eigenvalue weighted by Gasteiger charge is 1.87. The standard InChI is InChI=1S/C11H14ClNO/c12-11-7-5-10(6-8-11)4-2-1-3-9-13-14/h2,4-8,13-14H,1,3,9H2/b4-2+. The van der Waals surface area contributed by atoms with E-state index in [1.54, 1.807) is 0 Å². The number of unbranched alkanes of at least 4 members (excludes halogenated alkanes) is 1. The van der Waals surface area contributed by atoms with Crippen LogP contribution >= 0.6 is 11.6 Å². The van der Waals surface area contributed by atoms with E-state index in [9.17, 15) is 0 Å². The fraction of sp³-hybridized carbons (Fsp3) is 0.273. The smallest absolute Gasteiger partial charge is 0.0406 e.